The summed E-state index contributed by atoms with van der Waals surface area (Å²) >= 11 is 7.53. The summed E-state index contributed by atoms with van der Waals surface area (Å²) in [5.41, 5.74) is 8.56. The molecular weight excluding hydrogens is 412 g/mol. The summed E-state index contributed by atoms with van der Waals surface area (Å²) < 4.78 is 10.7. The summed E-state index contributed by atoms with van der Waals surface area (Å²) in [4.78, 5) is 26.9. The lowest BCUT2D eigenvalue weighted by molar-refractivity contribution is -0.151. The summed E-state index contributed by atoms with van der Waals surface area (Å²) in [6.45, 7) is 0.0894. The molecule has 6 nitrogen and oxygen atoms in total. The Bertz CT molecular complexity index is 975. The van der Waals surface area contributed by atoms with Crippen molar-refractivity contribution in [1.82, 2.24) is 4.90 Å². The maximum absolute atomic E-state index is 13.0. The fourth-order valence-corrected chi connectivity index (χ4v) is 4.77. The first-order valence-electron chi connectivity index (χ1n) is 8.99. The lowest BCUT2D eigenvalue weighted by Gasteiger charge is -2.48. The molecule has 2 aliphatic heterocycles. The molecule has 0 radical (unpaired) electrons. The van der Waals surface area contributed by atoms with E-state index < -0.39 is 12.0 Å². The van der Waals surface area contributed by atoms with E-state index in [0.717, 1.165) is 22.4 Å². The van der Waals surface area contributed by atoms with Crippen LogP contribution in [0, 0.1) is 0 Å². The second-order valence-electron chi connectivity index (χ2n) is 6.69. The van der Waals surface area contributed by atoms with Crippen molar-refractivity contribution in [2.75, 3.05) is 12.9 Å². The number of hydrogen-bond acceptors (Lipinski definition) is 6. The molecule has 1 fully saturated rings. The molecule has 0 aromatic heterocycles. The number of rotatable bonds is 5. The Morgan fingerprint density at radius 1 is 1.21 bits per heavy atom. The molecule has 2 atom stereocenters. The summed E-state index contributed by atoms with van der Waals surface area (Å²) in [6.07, 6.45) is 0. The number of carbonyl (C=O) groups is 2. The van der Waals surface area contributed by atoms with Crippen LogP contribution in [0.5, 0.6) is 5.75 Å². The lowest BCUT2D eigenvalue weighted by Crippen LogP contribution is -2.68. The molecule has 8 heteroatoms. The van der Waals surface area contributed by atoms with Crippen molar-refractivity contribution in [3.8, 4) is 5.75 Å². The van der Waals surface area contributed by atoms with E-state index in [1.165, 1.54) is 16.7 Å². The Balaban J connectivity index is 1.62. The van der Waals surface area contributed by atoms with Gasteiger partial charge >= 0.3 is 5.97 Å². The highest BCUT2D eigenvalue weighted by molar-refractivity contribution is 8.00. The first kappa shape index (κ1) is 19.8. The number of amides is 1. The number of methoxy groups -OCH3 is 1. The summed E-state index contributed by atoms with van der Waals surface area (Å²) in [5.74, 6) is 0.456. The molecule has 2 aromatic rings. The van der Waals surface area contributed by atoms with Crippen molar-refractivity contribution in [2.45, 2.75) is 18.0 Å². The van der Waals surface area contributed by atoms with Crippen LogP contribution in [-0.4, -0.2) is 41.1 Å². The van der Waals surface area contributed by atoms with E-state index in [0.29, 0.717) is 10.8 Å². The zero-order valence-electron chi connectivity index (χ0n) is 15.6. The van der Waals surface area contributed by atoms with Gasteiger partial charge in [-0.3, -0.25) is 9.69 Å². The van der Waals surface area contributed by atoms with Crippen LogP contribution < -0.4 is 10.5 Å². The average molecular weight is 431 g/mol. The van der Waals surface area contributed by atoms with Gasteiger partial charge in [0.25, 0.3) is 0 Å². The van der Waals surface area contributed by atoms with Crippen molar-refractivity contribution < 1.29 is 19.1 Å². The second kappa shape index (κ2) is 8.10. The Morgan fingerprint density at radius 2 is 1.90 bits per heavy atom. The number of nitrogens with two attached hydrogens (primary N) is 1. The first-order valence-corrected chi connectivity index (χ1v) is 10.4. The largest absolute Gasteiger partial charge is 0.497 e. The smallest absolute Gasteiger partial charge is 0.355 e. The highest BCUT2D eigenvalue weighted by Crippen LogP contribution is 2.43. The molecular formula is C21H19ClN2O4S. The summed E-state index contributed by atoms with van der Waals surface area (Å²) in [5, 5.41) is 0.350. The number of esters is 1. The number of nitrogens with zero attached hydrogens (tertiary/aromatic N) is 1. The van der Waals surface area contributed by atoms with Gasteiger partial charge in [-0.2, -0.15) is 0 Å². The maximum Gasteiger partial charge on any atom is 0.355 e. The van der Waals surface area contributed by atoms with Crippen molar-refractivity contribution in [1.29, 1.82) is 0 Å². The molecule has 0 unspecified atom stereocenters. The van der Waals surface area contributed by atoms with Crippen molar-refractivity contribution in [3.05, 3.63) is 70.4 Å². The molecule has 0 bridgehead atoms. The first-order chi connectivity index (χ1) is 14.0. The fourth-order valence-electron chi connectivity index (χ4n) is 3.32. The van der Waals surface area contributed by atoms with Gasteiger partial charge in [0.15, 0.2) is 0 Å². The number of carbonyl (C=O) groups excluding carboxylic acids is 2. The molecule has 2 aliphatic rings. The van der Waals surface area contributed by atoms with E-state index in [4.69, 9.17) is 26.8 Å². The molecule has 2 N–H and O–H groups in total. The van der Waals surface area contributed by atoms with E-state index in [1.54, 1.807) is 31.4 Å². The van der Waals surface area contributed by atoms with E-state index in [2.05, 4.69) is 0 Å². The minimum Gasteiger partial charge on any atom is -0.497 e. The SMILES string of the molecule is COc1ccc(COC(=O)C2=C(c3ccc(Cl)cc3)CS[C@H]3[C@@H](N)C(=O)N23)cc1. The van der Waals surface area contributed by atoms with Gasteiger partial charge in [-0.15, -0.1) is 11.8 Å². The number of β-lactam (4-membered cyclic amide) rings is 1. The van der Waals surface area contributed by atoms with Crippen molar-refractivity contribution >= 4 is 40.8 Å². The number of thioether (sulfide) groups is 1. The van der Waals surface area contributed by atoms with E-state index in [1.807, 2.05) is 24.3 Å². The van der Waals surface area contributed by atoms with Gasteiger partial charge in [0, 0.05) is 16.3 Å². The monoisotopic (exact) mass is 430 g/mol. The third-order valence-corrected chi connectivity index (χ3v) is 6.48. The Labute approximate surface area is 177 Å². The third-order valence-electron chi connectivity index (χ3n) is 4.92. The fraction of sp³-hybridized carbons (Fsp3) is 0.238. The number of hydrogen-bond donors (Lipinski definition) is 1. The number of fused-ring (bicyclic) bond motifs is 1. The molecule has 0 spiro atoms. The average Bonchev–Trinajstić information content (AvgIpc) is 2.76. The zero-order valence-corrected chi connectivity index (χ0v) is 17.2. The number of halogens is 1. The summed E-state index contributed by atoms with van der Waals surface area (Å²) in [6, 6.07) is 13.8. The maximum atomic E-state index is 13.0. The van der Waals surface area contributed by atoms with Crippen LogP contribution in [0.4, 0.5) is 0 Å². The van der Waals surface area contributed by atoms with Gasteiger partial charge in [-0.05, 0) is 35.4 Å². The van der Waals surface area contributed by atoms with Crippen molar-refractivity contribution in [3.63, 3.8) is 0 Å². The van der Waals surface area contributed by atoms with Gasteiger partial charge in [-0.1, -0.05) is 35.9 Å². The van der Waals surface area contributed by atoms with E-state index in [9.17, 15) is 9.59 Å². The lowest BCUT2D eigenvalue weighted by atomic mass is 9.99. The third kappa shape index (κ3) is 3.73. The minimum absolute atomic E-state index is 0.0894. The number of benzene rings is 2. The Hall–Kier alpha value is -2.48. The second-order valence-corrected chi connectivity index (χ2v) is 8.24. The Morgan fingerprint density at radius 3 is 2.55 bits per heavy atom. The van der Waals surface area contributed by atoms with Crippen LogP contribution in [0.25, 0.3) is 5.57 Å². The minimum atomic E-state index is -0.601. The molecule has 2 aromatic carbocycles. The van der Waals surface area contributed by atoms with Gasteiger partial charge in [-0.25, -0.2) is 4.79 Å². The van der Waals surface area contributed by atoms with Gasteiger partial charge in [0.2, 0.25) is 5.91 Å². The highest BCUT2D eigenvalue weighted by Gasteiger charge is 2.52. The molecule has 2 heterocycles. The predicted molar refractivity (Wildman–Crippen MR) is 112 cm³/mol. The predicted octanol–water partition coefficient (Wildman–Crippen LogP) is 3.05. The molecule has 150 valence electrons. The molecule has 1 saturated heterocycles. The van der Waals surface area contributed by atoms with Crippen LogP contribution in [0.1, 0.15) is 11.1 Å². The Kier molecular flexibility index (Phi) is 5.54. The van der Waals surface area contributed by atoms with Crippen LogP contribution in [0.2, 0.25) is 5.02 Å². The van der Waals surface area contributed by atoms with Crippen LogP contribution in [0.3, 0.4) is 0 Å². The van der Waals surface area contributed by atoms with Crippen LogP contribution in [0.15, 0.2) is 54.2 Å². The topological polar surface area (TPSA) is 81.9 Å². The van der Waals surface area contributed by atoms with Crippen molar-refractivity contribution in [2.24, 2.45) is 5.73 Å². The van der Waals surface area contributed by atoms with E-state index in [-0.39, 0.29) is 23.6 Å². The molecule has 0 aliphatic carbocycles. The summed E-state index contributed by atoms with van der Waals surface area (Å²) in [7, 11) is 1.59. The highest BCUT2D eigenvalue weighted by atomic mass is 35.5. The molecule has 29 heavy (non-hydrogen) atoms. The number of ether oxygens (including phenoxy) is 2. The molecule has 4 rings (SSSR count). The molecule has 0 saturated carbocycles. The van der Waals surface area contributed by atoms with Gasteiger partial charge in [0.1, 0.15) is 29.5 Å². The van der Waals surface area contributed by atoms with E-state index >= 15 is 0 Å². The van der Waals surface area contributed by atoms with Gasteiger partial charge < -0.3 is 15.2 Å². The van der Waals surface area contributed by atoms with Crippen LogP contribution in [-0.2, 0) is 20.9 Å². The van der Waals surface area contributed by atoms with Crippen LogP contribution >= 0.6 is 23.4 Å². The normalized spacial score (nSPS) is 20.8. The van der Waals surface area contributed by atoms with Gasteiger partial charge in [0.05, 0.1) is 7.11 Å². The zero-order chi connectivity index (χ0) is 20.5. The standard InChI is InChI=1S/C21H19ClN2O4S/c1-27-15-8-2-12(3-9-15)10-28-21(26)18-16(13-4-6-14(22)7-5-13)11-29-20-17(23)19(25)24(18)20/h2-9,17,20H,10-11,23H2,1H3/t17-,20-/m0/s1. The molecule has 1 amide bonds. The quantitative estimate of drug-likeness (QED) is 0.580.